The van der Waals surface area contributed by atoms with Gasteiger partial charge in [0.15, 0.2) is 0 Å². The molecule has 2 heterocycles. The third kappa shape index (κ3) is 2.63. The smallest absolute Gasteiger partial charge is 0.271 e. The van der Waals surface area contributed by atoms with Crippen molar-refractivity contribution >= 4 is 11.6 Å². The van der Waals surface area contributed by atoms with Crippen molar-refractivity contribution in [3.8, 4) is 0 Å². The maximum atomic E-state index is 12.1. The van der Waals surface area contributed by atoms with Crippen molar-refractivity contribution in [3.63, 3.8) is 0 Å². The predicted molar refractivity (Wildman–Crippen MR) is 74.0 cm³/mol. The van der Waals surface area contributed by atoms with Gasteiger partial charge in [0.25, 0.3) is 5.91 Å². The summed E-state index contributed by atoms with van der Waals surface area (Å²) in [5.41, 5.74) is 7.53. The van der Waals surface area contributed by atoms with Gasteiger partial charge in [-0.1, -0.05) is 6.92 Å². The van der Waals surface area contributed by atoms with E-state index in [0.717, 1.165) is 11.5 Å². The first-order valence-electron chi connectivity index (χ1n) is 6.47. The molecule has 0 aliphatic carbocycles. The quantitative estimate of drug-likeness (QED) is 0.778. The van der Waals surface area contributed by atoms with Crippen LogP contribution in [0.1, 0.15) is 28.9 Å². The first-order chi connectivity index (χ1) is 9.54. The van der Waals surface area contributed by atoms with Crippen molar-refractivity contribution in [2.75, 3.05) is 12.3 Å². The topological polar surface area (TPSA) is 104 Å². The van der Waals surface area contributed by atoms with Gasteiger partial charge >= 0.3 is 0 Å². The number of carbonyl (C=O) groups is 1. The summed E-state index contributed by atoms with van der Waals surface area (Å²) in [5, 5.41) is 14.8. The van der Waals surface area contributed by atoms with E-state index in [1.807, 2.05) is 18.5 Å². The van der Waals surface area contributed by atoms with Gasteiger partial charge in [0.1, 0.15) is 17.8 Å². The van der Waals surface area contributed by atoms with E-state index in [1.54, 1.807) is 13.4 Å². The zero-order valence-corrected chi connectivity index (χ0v) is 11.9. The maximum Gasteiger partial charge on any atom is 0.271 e. The molecular weight excluding hydrogens is 258 g/mol. The van der Waals surface area contributed by atoms with E-state index in [-0.39, 0.29) is 5.91 Å². The normalized spacial score (nSPS) is 10.8. The van der Waals surface area contributed by atoms with Gasteiger partial charge in [-0.15, -0.1) is 10.2 Å². The van der Waals surface area contributed by atoms with Crippen LogP contribution in [0.15, 0.2) is 6.33 Å². The Morgan fingerprint density at radius 1 is 1.45 bits per heavy atom. The number of hydrogen-bond donors (Lipinski definition) is 2. The lowest BCUT2D eigenvalue weighted by molar-refractivity contribution is 0.0945. The summed E-state index contributed by atoms with van der Waals surface area (Å²) in [7, 11) is 3.58. The Bertz CT molecular complexity index is 613. The zero-order valence-electron chi connectivity index (χ0n) is 11.9. The van der Waals surface area contributed by atoms with E-state index >= 15 is 0 Å². The monoisotopic (exact) mass is 277 g/mol. The van der Waals surface area contributed by atoms with Gasteiger partial charge in [-0.2, -0.15) is 5.10 Å². The number of nitrogens with two attached hydrogens (primary N) is 1. The van der Waals surface area contributed by atoms with E-state index in [9.17, 15) is 4.79 Å². The molecule has 0 aliphatic heterocycles. The number of nitrogens with zero attached hydrogens (tertiary/aromatic N) is 5. The summed E-state index contributed by atoms with van der Waals surface area (Å²) in [4.78, 5) is 12.1. The van der Waals surface area contributed by atoms with Crippen molar-refractivity contribution < 1.29 is 4.79 Å². The highest BCUT2D eigenvalue weighted by Crippen LogP contribution is 2.16. The van der Waals surface area contributed by atoms with E-state index < -0.39 is 0 Å². The summed E-state index contributed by atoms with van der Waals surface area (Å²) in [6.45, 7) is 2.42. The number of rotatable bonds is 5. The second-order valence-electron chi connectivity index (χ2n) is 4.55. The molecule has 0 atom stereocenters. The Balaban J connectivity index is 1.99. The van der Waals surface area contributed by atoms with Crippen molar-refractivity contribution in [1.82, 2.24) is 29.9 Å². The molecule has 0 radical (unpaired) electrons. The lowest BCUT2D eigenvalue weighted by Crippen LogP contribution is -2.28. The highest BCUT2D eigenvalue weighted by Gasteiger charge is 2.18. The van der Waals surface area contributed by atoms with Gasteiger partial charge in [-0.25, -0.2) is 0 Å². The van der Waals surface area contributed by atoms with Crippen LogP contribution in [0.5, 0.6) is 0 Å². The SMILES string of the molecule is CCc1nn(C)c(C(=O)NCCc2nncn2C)c1N. The molecule has 0 bridgehead atoms. The molecule has 8 nitrogen and oxygen atoms in total. The fraction of sp³-hybridized carbons (Fsp3) is 0.500. The number of anilines is 1. The lowest BCUT2D eigenvalue weighted by atomic mass is 10.2. The Morgan fingerprint density at radius 2 is 2.20 bits per heavy atom. The number of nitrogens with one attached hydrogen (secondary N) is 1. The van der Waals surface area contributed by atoms with Gasteiger partial charge in [-0.05, 0) is 6.42 Å². The van der Waals surface area contributed by atoms with Crippen LogP contribution in [-0.2, 0) is 26.9 Å². The Morgan fingerprint density at radius 3 is 2.75 bits per heavy atom. The molecule has 0 saturated heterocycles. The van der Waals surface area contributed by atoms with Crippen LogP contribution < -0.4 is 11.1 Å². The average molecular weight is 277 g/mol. The third-order valence-electron chi connectivity index (χ3n) is 3.15. The summed E-state index contributed by atoms with van der Waals surface area (Å²) in [6.07, 6.45) is 2.94. The van der Waals surface area contributed by atoms with Gasteiger partial charge in [0.2, 0.25) is 0 Å². The fourth-order valence-electron chi connectivity index (χ4n) is 2.03. The molecule has 2 aromatic rings. The molecule has 0 saturated carbocycles. The summed E-state index contributed by atoms with van der Waals surface area (Å²) < 4.78 is 3.34. The standard InChI is InChI=1S/C12H19N7O/c1-4-8-10(13)11(19(3)17-8)12(20)14-6-5-9-16-15-7-18(9)2/h7H,4-6,13H2,1-3H3,(H,14,20). The van der Waals surface area contributed by atoms with Crippen LogP contribution in [0.4, 0.5) is 5.69 Å². The first-order valence-corrected chi connectivity index (χ1v) is 6.47. The Labute approximate surface area is 117 Å². The van der Waals surface area contributed by atoms with Gasteiger partial charge in [0.05, 0.1) is 11.4 Å². The van der Waals surface area contributed by atoms with Crippen molar-refractivity contribution in [2.24, 2.45) is 14.1 Å². The number of amides is 1. The minimum atomic E-state index is -0.223. The highest BCUT2D eigenvalue weighted by molar-refractivity contribution is 5.97. The molecule has 2 rings (SSSR count). The van der Waals surface area contributed by atoms with Crippen molar-refractivity contribution in [3.05, 3.63) is 23.5 Å². The molecule has 108 valence electrons. The van der Waals surface area contributed by atoms with Crippen LogP contribution in [0.25, 0.3) is 0 Å². The molecule has 0 aliphatic rings. The van der Waals surface area contributed by atoms with Crippen LogP contribution in [0.3, 0.4) is 0 Å². The van der Waals surface area contributed by atoms with Gasteiger partial charge < -0.3 is 15.6 Å². The summed E-state index contributed by atoms with van der Waals surface area (Å²) in [6, 6.07) is 0. The third-order valence-corrected chi connectivity index (χ3v) is 3.15. The van der Waals surface area contributed by atoms with E-state index in [4.69, 9.17) is 5.73 Å². The Kier molecular flexibility index (Phi) is 4.02. The number of aryl methyl sites for hydroxylation is 3. The Hall–Kier alpha value is -2.38. The number of aromatic nitrogens is 5. The van der Waals surface area contributed by atoms with Gasteiger partial charge in [-0.3, -0.25) is 9.48 Å². The summed E-state index contributed by atoms with van der Waals surface area (Å²) >= 11 is 0. The molecule has 20 heavy (non-hydrogen) atoms. The molecule has 0 unspecified atom stereocenters. The molecule has 1 amide bonds. The molecule has 0 fully saturated rings. The second-order valence-corrected chi connectivity index (χ2v) is 4.55. The van der Waals surface area contributed by atoms with Gasteiger partial charge in [0, 0.05) is 27.1 Å². The molecule has 0 spiro atoms. The largest absolute Gasteiger partial charge is 0.395 e. The lowest BCUT2D eigenvalue weighted by Gasteiger charge is -2.06. The van der Waals surface area contributed by atoms with Crippen LogP contribution in [0.2, 0.25) is 0 Å². The van der Waals surface area contributed by atoms with Crippen LogP contribution in [-0.4, -0.2) is 37.0 Å². The van der Waals surface area contributed by atoms with Crippen molar-refractivity contribution in [2.45, 2.75) is 19.8 Å². The first kappa shape index (κ1) is 14.0. The van der Waals surface area contributed by atoms with Crippen LogP contribution in [0, 0.1) is 0 Å². The van der Waals surface area contributed by atoms with Crippen LogP contribution >= 0.6 is 0 Å². The fourth-order valence-corrected chi connectivity index (χ4v) is 2.03. The van der Waals surface area contributed by atoms with Crippen molar-refractivity contribution in [1.29, 1.82) is 0 Å². The number of carbonyl (C=O) groups excluding carboxylic acids is 1. The zero-order chi connectivity index (χ0) is 14.7. The molecule has 0 aromatic carbocycles. The number of nitrogen functional groups attached to an aromatic ring is 1. The van der Waals surface area contributed by atoms with E-state index in [0.29, 0.717) is 30.8 Å². The molecular formula is C12H19N7O. The second kappa shape index (κ2) is 5.72. The predicted octanol–water partition coefficient (Wildman–Crippen LogP) is -0.334. The highest BCUT2D eigenvalue weighted by atomic mass is 16.2. The average Bonchev–Trinajstić information content (AvgIpc) is 2.93. The number of hydrogen-bond acceptors (Lipinski definition) is 5. The maximum absolute atomic E-state index is 12.1. The van der Waals surface area contributed by atoms with E-state index in [1.165, 1.54) is 4.68 Å². The minimum Gasteiger partial charge on any atom is -0.395 e. The summed E-state index contributed by atoms with van der Waals surface area (Å²) in [5.74, 6) is 0.594. The van der Waals surface area contributed by atoms with E-state index in [2.05, 4.69) is 20.6 Å². The molecule has 2 aromatic heterocycles. The molecule has 8 heteroatoms. The molecule has 3 N–H and O–H groups in total. The minimum absolute atomic E-state index is 0.223.